The van der Waals surface area contributed by atoms with Crippen molar-refractivity contribution in [2.45, 2.75) is 6.42 Å². The number of rotatable bonds is 3. The number of hydrogen-bond acceptors (Lipinski definition) is 1. The first kappa shape index (κ1) is 12.0. The average Bonchev–Trinajstić information content (AvgIpc) is 2.26. The highest BCUT2D eigenvalue weighted by atomic mass is 79.9. The predicted molar refractivity (Wildman–Crippen MR) is 64.9 cm³/mol. The minimum Gasteiger partial charge on any atom is -0.341 e. The third-order valence-electron chi connectivity index (χ3n) is 2.21. The van der Waals surface area contributed by atoms with E-state index >= 15 is 0 Å². The number of urea groups is 1. The lowest BCUT2D eigenvalue weighted by molar-refractivity contribution is 0.211. The standard InChI is InChI=1S/C11H15BrN2O/c1-13-11(15)14(2)8-7-9-3-5-10(12)6-4-9/h3-6H,7-8H2,1-2H3,(H,13,15). The van der Waals surface area contributed by atoms with Crippen molar-refractivity contribution in [3.8, 4) is 0 Å². The van der Waals surface area contributed by atoms with Gasteiger partial charge in [0, 0.05) is 25.1 Å². The molecule has 3 nitrogen and oxygen atoms in total. The number of carbonyl (C=O) groups excluding carboxylic acids is 1. The van der Waals surface area contributed by atoms with E-state index in [0.717, 1.165) is 17.4 Å². The van der Waals surface area contributed by atoms with Gasteiger partial charge in [0.2, 0.25) is 0 Å². The Bertz CT molecular complexity index is 324. The molecule has 0 atom stereocenters. The molecule has 4 heteroatoms. The Labute approximate surface area is 98.6 Å². The first-order valence-electron chi connectivity index (χ1n) is 4.81. The van der Waals surface area contributed by atoms with Crippen LogP contribution in [-0.2, 0) is 6.42 Å². The van der Waals surface area contributed by atoms with Crippen LogP contribution in [0.15, 0.2) is 28.7 Å². The van der Waals surface area contributed by atoms with Gasteiger partial charge in [-0.15, -0.1) is 0 Å². The molecule has 0 saturated carbocycles. The SMILES string of the molecule is CNC(=O)N(C)CCc1ccc(Br)cc1. The molecule has 1 N–H and O–H groups in total. The Morgan fingerprint density at radius 3 is 2.53 bits per heavy atom. The monoisotopic (exact) mass is 270 g/mol. The van der Waals surface area contributed by atoms with E-state index in [0.29, 0.717) is 0 Å². The Balaban J connectivity index is 2.43. The number of halogens is 1. The lowest BCUT2D eigenvalue weighted by Gasteiger charge is -2.16. The minimum absolute atomic E-state index is 0.0490. The van der Waals surface area contributed by atoms with Crippen LogP contribution in [0.4, 0.5) is 4.79 Å². The van der Waals surface area contributed by atoms with E-state index in [9.17, 15) is 4.79 Å². The van der Waals surface area contributed by atoms with Crippen molar-refractivity contribution in [1.82, 2.24) is 10.2 Å². The first-order chi connectivity index (χ1) is 7.13. The van der Waals surface area contributed by atoms with Gasteiger partial charge in [0.1, 0.15) is 0 Å². The maximum Gasteiger partial charge on any atom is 0.316 e. The van der Waals surface area contributed by atoms with Crippen LogP contribution in [0.25, 0.3) is 0 Å². The van der Waals surface area contributed by atoms with Crippen molar-refractivity contribution in [2.24, 2.45) is 0 Å². The van der Waals surface area contributed by atoms with Gasteiger partial charge >= 0.3 is 6.03 Å². The summed E-state index contributed by atoms with van der Waals surface area (Å²) in [4.78, 5) is 12.9. The van der Waals surface area contributed by atoms with Crippen molar-refractivity contribution < 1.29 is 4.79 Å². The van der Waals surface area contributed by atoms with Gasteiger partial charge in [-0.2, -0.15) is 0 Å². The zero-order chi connectivity index (χ0) is 11.3. The van der Waals surface area contributed by atoms with Crippen LogP contribution < -0.4 is 5.32 Å². The summed E-state index contributed by atoms with van der Waals surface area (Å²) in [5.41, 5.74) is 1.23. The van der Waals surface area contributed by atoms with Gasteiger partial charge in [0.15, 0.2) is 0 Å². The molecule has 1 aromatic rings. The lowest BCUT2D eigenvalue weighted by atomic mass is 10.1. The van der Waals surface area contributed by atoms with Crippen LogP contribution in [0.3, 0.4) is 0 Å². The molecule has 0 radical (unpaired) electrons. The number of amides is 2. The summed E-state index contributed by atoms with van der Waals surface area (Å²) in [6.45, 7) is 0.724. The second-order valence-corrected chi connectivity index (χ2v) is 4.27. The highest BCUT2D eigenvalue weighted by Gasteiger charge is 2.04. The summed E-state index contributed by atoms with van der Waals surface area (Å²) >= 11 is 3.39. The quantitative estimate of drug-likeness (QED) is 0.898. The predicted octanol–water partition coefficient (Wildman–Crippen LogP) is 2.26. The number of likely N-dealkylation sites (N-methyl/N-ethyl adjacent to an activating group) is 1. The fourth-order valence-corrected chi connectivity index (χ4v) is 1.50. The van der Waals surface area contributed by atoms with Gasteiger partial charge in [-0.1, -0.05) is 28.1 Å². The van der Waals surface area contributed by atoms with Crippen LogP contribution in [0.2, 0.25) is 0 Å². The highest BCUT2D eigenvalue weighted by Crippen LogP contribution is 2.10. The number of nitrogens with zero attached hydrogens (tertiary/aromatic N) is 1. The lowest BCUT2D eigenvalue weighted by Crippen LogP contribution is -2.36. The van der Waals surface area contributed by atoms with Crippen molar-refractivity contribution in [3.05, 3.63) is 34.3 Å². The van der Waals surface area contributed by atoms with Gasteiger partial charge in [-0.3, -0.25) is 0 Å². The molecular formula is C11H15BrN2O. The van der Waals surface area contributed by atoms with E-state index in [1.165, 1.54) is 5.56 Å². The minimum atomic E-state index is -0.0490. The molecule has 0 aromatic heterocycles. The Morgan fingerprint density at radius 2 is 2.00 bits per heavy atom. The topological polar surface area (TPSA) is 32.3 Å². The maximum atomic E-state index is 11.2. The summed E-state index contributed by atoms with van der Waals surface area (Å²) in [5, 5.41) is 2.59. The molecular weight excluding hydrogens is 256 g/mol. The zero-order valence-electron chi connectivity index (χ0n) is 8.96. The van der Waals surface area contributed by atoms with E-state index in [1.54, 1.807) is 19.0 Å². The zero-order valence-corrected chi connectivity index (χ0v) is 10.5. The molecule has 0 fully saturated rings. The molecule has 2 amide bonds. The number of nitrogens with one attached hydrogen (secondary N) is 1. The largest absolute Gasteiger partial charge is 0.341 e. The Hall–Kier alpha value is -1.03. The number of benzene rings is 1. The number of hydrogen-bond donors (Lipinski definition) is 1. The summed E-state index contributed by atoms with van der Waals surface area (Å²) in [6.07, 6.45) is 0.872. The molecule has 0 aliphatic heterocycles. The molecule has 0 aliphatic carbocycles. The maximum absolute atomic E-state index is 11.2. The van der Waals surface area contributed by atoms with Crippen LogP contribution >= 0.6 is 15.9 Å². The van der Waals surface area contributed by atoms with Crippen molar-refractivity contribution in [2.75, 3.05) is 20.6 Å². The van der Waals surface area contributed by atoms with Gasteiger partial charge in [0.05, 0.1) is 0 Å². The fourth-order valence-electron chi connectivity index (χ4n) is 1.24. The summed E-state index contributed by atoms with van der Waals surface area (Å²) in [6, 6.07) is 8.08. The molecule has 0 unspecified atom stereocenters. The second kappa shape index (κ2) is 5.75. The molecule has 0 heterocycles. The van der Waals surface area contributed by atoms with Crippen LogP contribution in [0, 0.1) is 0 Å². The summed E-state index contributed by atoms with van der Waals surface area (Å²) < 4.78 is 1.07. The molecule has 82 valence electrons. The van der Waals surface area contributed by atoms with E-state index in [-0.39, 0.29) is 6.03 Å². The van der Waals surface area contributed by atoms with Crippen molar-refractivity contribution in [1.29, 1.82) is 0 Å². The van der Waals surface area contributed by atoms with E-state index in [1.807, 2.05) is 12.1 Å². The normalized spacial score (nSPS) is 9.80. The molecule has 1 aromatic carbocycles. The molecule has 0 spiro atoms. The number of carbonyl (C=O) groups is 1. The second-order valence-electron chi connectivity index (χ2n) is 3.35. The van der Waals surface area contributed by atoms with Gasteiger partial charge in [-0.25, -0.2) is 4.79 Å². The van der Waals surface area contributed by atoms with Crippen LogP contribution in [0.5, 0.6) is 0 Å². The van der Waals surface area contributed by atoms with Crippen LogP contribution in [0.1, 0.15) is 5.56 Å². The van der Waals surface area contributed by atoms with Gasteiger partial charge in [-0.05, 0) is 24.1 Å². The molecule has 0 saturated heterocycles. The Morgan fingerprint density at radius 1 is 1.40 bits per heavy atom. The molecule has 0 aliphatic rings. The smallest absolute Gasteiger partial charge is 0.316 e. The molecule has 1 rings (SSSR count). The van der Waals surface area contributed by atoms with Gasteiger partial charge < -0.3 is 10.2 Å². The highest BCUT2D eigenvalue weighted by molar-refractivity contribution is 9.10. The third-order valence-corrected chi connectivity index (χ3v) is 2.74. The fraction of sp³-hybridized carbons (Fsp3) is 0.364. The first-order valence-corrected chi connectivity index (χ1v) is 5.60. The Kier molecular flexibility index (Phi) is 4.62. The van der Waals surface area contributed by atoms with Crippen molar-refractivity contribution >= 4 is 22.0 Å². The molecule has 0 bridgehead atoms. The van der Waals surface area contributed by atoms with Gasteiger partial charge in [0.25, 0.3) is 0 Å². The summed E-state index contributed by atoms with van der Waals surface area (Å²) in [7, 11) is 3.43. The van der Waals surface area contributed by atoms with E-state index in [2.05, 4.69) is 33.4 Å². The summed E-state index contributed by atoms with van der Waals surface area (Å²) in [5.74, 6) is 0. The third kappa shape index (κ3) is 3.91. The van der Waals surface area contributed by atoms with Crippen molar-refractivity contribution in [3.63, 3.8) is 0 Å². The van der Waals surface area contributed by atoms with E-state index in [4.69, 9.17) is 0 Å². The van der Waals surface area contributed by atoms with E-state index < -0.39 is 0 Å². The average molecular weight is 271 g/mol. The van der Waals surface area contributed by atoms with Crippen LogP contribution in [-0.4, -0.2) is 31.6 Å². The molecule has 15 heavy (non-hydrogen) atoms.